The maximum atomic E-state index is 12.2. The minimum Gasteiger partial charge on any atom is -0.497 e. The van der Waals surface area contributed by atoms with Gasteiger partial charge in [-0.1, -0.05) is 11.6 Å². The van der Waals surface area contributed by atoms with Gasteiger partial charge < -0.3 is 4.74 Å². The molecular weight excluding hydrogens is 276 g/mol. The van der Waals surface area contributed by atoms with Gasteiger partial charge in [0.25, 0.3) is 0 Å². The summed E-state index contributed by atoms with van der Waals surface area (Å²) in [6, 6.07) is 4.77. The number of carbonyl (C=O) groups is 1. The number of ether oxygens (including phenoxy) is 1. The molecule has 1 unspecified atom stereocenters. The number of methoxy groups -OCH3 is 1. The summed E-state index contributed by atoms with van der Waals surface area (Å²) in [7, 11) is -1.55. The van der Waals surface area contributed by atoms with Crippen molar-refractivity contribution in [1.29, 1.82) is 0 Å². The molecule has 1 fully saturated rings. The summed E-state index contributed by atoms with van der Waals surface area (Å²) in [5.74, 6) is -0.106. The molecule has 0 aromatic heterocycles. The van der Waals surface area contributed by atoms with Crippen LogP contribution in [-0.2, 0) is 9.84 Å². The lowest BCUT2D eigenvalue weighted by atomic mass is 9.97. The molecule has 1 aliphatic rings. The number of hydrogen-bond acceptors (Lipinski definition) is 4. The van der Waals surface area contributed by atoms with Crippen molar-refractivity contribution in [2.75, 3.05) is 18.6 Å². The number of ketones is 1. The van der Waals surface area contributed by atoms with Crippen LogP contribution in [-0.4, -0.2) is 32.8 Å². The Balaban J connectivity index is 2.25. The molecule has 1 aliphatic heterocycles. The maximum Gasteiger partial charge on any atom is 0.168 e. The summed E-state index contributed by atoms with van der Waals surface area (Å²) in [6.45, 7) is 0. The van der Waals surface area contributed by atoms with Gasteiger partial charge in [-0.25, -0.2) is 8.42 Å². The Labute approximate surface area is 111 Å². The van der Waals surface area contributed by atoms with Gasteiger partial charge in [-0.3, -0.25) is 4.79 Å². The number of hydrogen-bond donors (Lipinski definition) is 0. The van der Waals surface area contributed by atoms with Crippen LogP contribution in [0.4, 0.5) is 0 Å². The summed E-state index contributed by atoms with van der Waals surface area (Å²) in [5.41, 5.74) is 0.361. The number of rotatable bonds is 3. The van der Waals surface area contributed by atoms with Crippen LogP contribution in [0.5, 0.6) is 5.75 Å². The van der Waals surface area contributed by atoms with Crippen molar-refractivity contribution in [3.63, 3.8) is 0 Å². The quantitative estimate of drug-likeness (QED) is 0.798. The van der Waals surface area contributed by atoms with Gasteiger partial charge in [0, 0.05) is 11.5 Å². The zero-order valence-corrected chi connectivity index (χ0v) is 11.4. The highest BCUT2D eigenvalue weighted by atomic mass is 35.5. The Morgan fingerprint density at radius 2 is 2.17 bits per heavy atom. The van der Waals surface area contributed by atoms with E-state index in [1.807, 2.05) is 0 Å². The standard InChI is InChI=1S/C12H13ClO4S/c1-17-9-2-3-10(11(13)6-9)12(14)8-4-5-18(15,16)7-8/h2-3,6,8H,4-5,7H2,1H3. The molecule has 1 aromatic rings. The van der Waals surface area contributed by atoms with Crippen molar-refractivity contribution < 1.29 is 17.9 Å². The molecule has 1 atom stereocenters. The van der Waals surface area contributed by atoms with E-state index in [1.54, 1.807) is 18.2 Å². The molecule has 2 rings (SSSR count). The predicted molar refractivity (Wildman–Crippen MR) is 69.1 cm³/mol. The molecule has 6 heteroatoms. The molecule has 4 nitrogen and oxygen atoms in total. The molecule has 0 aliphatic carbocycles. The van der Waals surface area contributed by atoms with Crippen molar-refractivity contribution in [1.82, 2.24) is 0 Å². The lowest BCUT2D eigenvalue weighted by molar-refractivity contribution is 0.0933. The van der Waals surface area contributed by atoms with Crippen LogP contribution in [0.25, 0.3) is 0 Å². The summed E-state index contributed by atoms with van der Waals surface area (Å²) in [4.78, 5) is 12.2. The lowest BCUT2D eigenvalue weighted by Crippen LogP contribution is -2.16. The average molecular weight is 289 g/mol. The highest BCUT2D eigenvalue weighted by molar-refractivity contribution is 7.91. The van der Waals surface area contributed by atoms with E-state index < -0.39 is 15.8 Å². The van der Waals surface area contributed by atoms with Gasteiger partial charge in [0.05, 0.1) is 23.6 Å². The third kappa shape index (κ3) is 2.67. The van der Waals surface area contributed by atoms with E-state index >= 15 is 0 Å². The first kappa shape index (κ1) is 13.4. The molecular formula is C12H13ClO4S. The summed E-state index contributed by atoms with van der Waals surface area (Å²) in [6.07, 6.45) is 0.378. The molecule has 0 bridgehead atoms. The van der Waals surface area contributed by atoms with Crippen LogP contribution in [0.15, 0.2) is 18.2 Å². The summed E-state index contributed by atoms with van der Waals surface area (Å²) >= 11 is 6.00. The van der Waals surface area contributed by atoms with Crippen molar-refractivity contribution in [3.05, 3.63) is 28.8 Å². The van der Waals surface area contributed by atoms with Crippen molar-refractivity contribution in [3.8, 4) is 5.75 Å². The molecule has 1 heterocycles. The second-order valence-electron chi connectivity index (χ2n) is 4.31. The van der Waals surface area contributed by atoms with Crippen molar-refractivity contribution in [2.45, 2.75) is 6.42 Å². The number of benzene rings is 1. The van der Waals surface area contributed by atoms with Gasteiger partial charge in [-0.15, -0.1) is 0 Å². The molecule has 0 radical (unpaired) electrons. The van der Waals surface area contributed by atoms with Gasteiger partial charge in [0.2, 0.25) is 0 Å². The fraction of sp³-hybridized carbons (Fsp3) is 0.417. The Morgan fingerprint density at radius 3 is 2.67 bits per heavy atom. The number of halogens is 1. The molecule has 0 saturated carbocycles. The monoisotopic (exact) mass is 288 g/mol. The minimum absolute atomic E-state index is 0.0752. The van der Waals surface area contributed by atoms with Gasteiger partial charge in [-0.05, 0) is 24.6 Å². The van der Waals surface area contributed by atoms with E-state index in [-0.39, 0.29) is 17.3 Å². The zero-order valence-electron chi connectivity index (χ0n) is 9.85. The Hall–Kier alpha value is -1.07. The largest absolute Gasteiger partial charge is 0.497 e. The average Bonchev–Trinajstić information content (AvgIpc) is 2.68. The van der Waals surface area contributed by atoms with Gasteiger partial charge in [0.1, 0.15) is 5.75 Å². The normalized spacial score (nSPS) is 21.8. The molecule has 0 spiro atoms. The number of carbonyl (C=O) groups excluding carboxylic acids is 1. The van der Waals surface area contributed by atoms with Crippen LogP contribution in [0.2, 0.25) is 5.02 Å². The highest BCUT2D eigenvalue weighted by Gasteiger charge is 2.34. The first-order valence-electron chi connectivity index (χ1n) is 5.51. The number of sulfone groups is 1. The summed E-state index contributed by atoms with van der Waals surface area (Å²) in [5, 5.41) is 0.295. The van der Waals surface area contributed by atoms with E-state index in [2.05, 4.69) is 0 Å². The van der Waals surface area contributed by atoms with E-state index in [4.69, 9.17) is 16.3 Å². The molecule has 1 saturated heterocycles. The smallest absolute Gasteiger partial charge is 0.168 e. The third-order valence-corrected chi connectivity index (χ3v) is 5.13. The topological polar surface area (TPSA) is 60.4 Å². The van der Waals surface area contributed by atoms with Crippen LogP contribution < -0.4 is 4.74 Å². The fourth-order valence-electron chi connectivity index (χ4n) is 2.04. The third-order valence-electron chi connectivity index (χ3n) is 3.04. The lowest BCUT2D eigenvalue weighted by Gasteiger charge is -2.09. The maximum absolute atomic E-state index is 12.2. The van der Waals surface area contributed by atoms with E-state index in [0.717, 1.165) is 0 Å². The molecule has 1 aromatic carbocycles. The zero-order chi connectivity index (χ0) is 13.3. The summed E-state index contributed by atoms with van der Waals surface area (Å²) < 4.78 is 27.7. The molecule has 0 N–H and O–H groups in total. The molecule has 0 amide bonds. The van der Waals surface area contributed by atoms with Gasteiger partial charge in [-0.2, -0.15) is 0 Å². The second kappa shape index (κ2) is 4.90. The van der Waals surface area contributed by atoms with E-state index in [0.29, 0.717) is 22.8 Å². The predicted octanol–water partition coefficient (Wildman–Crippen LogP) is 1.97. The SMILES string of the molecule is COc1ccc(C(=O)C2CCS(=O)(=O)C2)c(Cl)c1. The van der Waals surface area contributed by atoms with Gasteiger partial charge in [0.15, 0.2) is 15.6 Å². The fourth-order valence-corrected chi connectivity index (χ4v) is 4.05. The Bertz CT molecular complexity index is 580. The van der Waals surface area contributed by atoms with Crippen LogP contribution >= 0.6 is 11.6 Å². The highest BCUT2D eigenvalue weighted by Crippen LogP contribution is 2.28. The van der Waals surface area contributed by atoms with Crippen LogP contribution in [0, 0.1) is 5.92 Å². The second-order valence-corrected chi connectivity index (χ2v) is 6.95. The van der Waals surface area contributed by atoms with Crippen LogP contribution in [0.3, 0.4) is 0 Å². The molecule has 98 valence electrons. The number of Topliss-reactive ketones (excluding diaryl/α,β-unsaturated/α-hetero) is 1. The Kier molecular flexibility index (Phi) is 3.64. The minimum atomic E-state index is -3.06. The first-order valence-corrected chi connectivity index (χ1v) is 7.71. The van der Waals surface area contributed by atoms with Crippen molar-refractivity contribution >= 4 is 27.2 Å². The van der Waals surface area contributed by atoms with E-state index in [9.17, 15) is 13.2 Å². The van der Waals surface area contributed by atoms with Crippen LogP contribution in [0.1, 0.15) is 16.8 Å². The molecule has 18 heavy (non-hydrogen) atoms. The van der Waals surface area contributed by atoms with E-state index in [1.165, 1.54) is 7.11 Å². The first-order chi connectivity index (χ1) is 8.43. The Morgan fingerprint density at radius 1 is 1.44 bits per heavy atom. The van der Waals surface area contributed by atoms with Gasteiger partial charge >= 0.3 is 0 Å². The van der Waals surface area contributed by atoms with Crippen molar-refractivity contribution in [2.24, 2.45) is 5.92 Å².